The molecule has 14 heteroatoms. The van der Waals surface area contributed by atoms with Crippen molar-refractivity contribution >= 4 is 35.3 Å². The van der Waals surface area contributed by atoms with E-state index in [2.05, 4.69) is 25.8 Å². The predicted molar refractivity (Wildman–Crippen MR) is 119 cm³/mol. The fourth-order valence-corrected chi connectivity index (χ4v) is 3.77. The highest BCUT2D eigenvalue weighted by molar-refractivity contribution is 8.13. The topological polar surface area (TPSA) is 137 Å². The molecule has 2 aliphatic rings. The Kier molecular flexibility index (Phi) is 7.07. The molecule has 0 bridgehead atoms. The van der Waals surface area contributed by atoms with E-state index in [1.165, 1.54) is 17.2 Å². The van der Waals surface area contributed by atoms with Gasteiger partial charge in [-0.2, -0.15) is 10.2 Å². The first-order valence-electron chi connectivity index (χ1n) is 10.0. The number of carbonyl (C=O) groups is 2. The largest absolute Gasteiger partial charge is 0.365 e. The second kappa shape index (κ2) is 9.29. The molecule has 0 saturated carbocycles. The van der Waals surface area contributed by atoms with Crippen LogP contribution in [0.25, 0.3) is 0 Å². The molecular formula is C18H28N8O4S2. The number of thioether (sulfide) groups is 1. The third-order valence-corrected chi connectivity index (χ3v) is 6.85. The van der Waals surface area contributed by atoms with Crippen LogP contribution in [-0.4, -0.2) is 77.9 Å². The first-order chi connectivity index (χ1) is 15.0. The number of amides is 2. The fourth-order valence-electron chi connectivity index (χ4n) is 2.95. The molecule has 2 N–H and O–H groups in total. The molecule has 4 rings (SSSR count). The minimum Gasteiger partial charge on any atom is -0.365 e. The highest BCUT2D eigenvalue weighted by Crippen LogP contribution is 2.38. The van der Waals surface area contributed by atoms with Crippen LogP contribution in [0, 0.1) is 4.77 Å². The zero-order valence-corrected chi connectivity index (χ0v) is 20.5. The Bertz CT molecular complexity index is 1050. The average molecular weight is 485 g/mol. The number of hydrogen-bond donors (Lipinski definition) is 2. The fraction of sp³-hybridized carbons (Fsp3) is 0.667. The Morgan fingerprint density at radius 2 is 1.66 bits per heavy atom. The van der Waals surface area contributed by atoms with Crippen molar-refractivity contribution in [2.24, 2.45) is 0 Å². The second-order valence-electron chi connectivity index (χ2n) is 7.98. The van der Waals surface area contributed by atoms with Crippen molar-refractivity contribution in [1.82, 2.24) is 39.7 Å². The number of rotatable bonds is 5. The van der Waals surface area contributed by atoms with Crippen LogP contribution in [0.1, 0.15) is 27.7 Å². The summed E-state index contributed by atoms with van der Waals surface area (Å²) in [7, 11) is 3.14. The van der Waals surface area contributed by atoms with Crippen LogP contribution in [0.15, 0.2) is 17.8 Å². The van der Waals surface area contributed by atoms with Crippen LogP contribution in [0.5, 0.6) is 0 Å². The summed E-state index contributed by atoms with van der Waals surface area (Å²) in [5, 5.41) is 13.6. The number of carbonyl (C=O) groups excluding carboxylic acids is 2. The van der Waals surface area contributed by atoms with Crippen molar-refractivity contribution in [2.75, 3.05) is 14.1 Å². The Balaban J connectivity index is 0.000000181. The summed E-state index contributed by atoms with van der Waals surface area (Å²) in [5.41, 5.74) is -0.383. The van der Waals surface area contributed by atoms with Gasteiger partial charge in [0, 0.05) is 25.9 Å². The molecule has 4 heterocycles. The second-order valence-corrected chi connectivity index (χ2v) is 9.29. The minimum absolute atomic E-state index is 0.149. The molecule has 2 aliphatic heterocycles. The summed E-state index contributed by atoms with van der Waals surface area (Å²) < 4.78 is 15.9. The molecule has 0 spiro atoms. The third-order valence-electron chi connectivity index (χ3n) is 5.56. The molecule has 176 valence electrons. The van der Waals surface area contributed by atoms with Gasteiger partial charge in [0.25, 0.3) is 5.24 Å². The van der Waals surface area contributed by atoms with Crippen LogP contribution in [-0.2, 0) is 22.6 Å². The van der Waals surface area contributed by atoms with Gasteiger partial charge in [-0.15, -0.1) is 0 Å². The van der Waals surface area contributed by atoms with E-state index in [0.29, 0.717) is 23.0 Å². The van der Waals surface area contributed by atoms with Gasteiger partial charge in [0.05, 0.1) is 25.3 Å². The van der Waals surface area contributed by atoms with E-state index in [9.17, 15) is 9.59 Å². The number of nitrogens with one attached hydrogen (secondary N) is 2. The first kappa shape index (κ1) is 24.4. The Morgan fingerprint density at radius 1 is 1.09 bits per heavy atom. The van der Waals surface area contributed by atoms with E-state index in [1.807, 2.05) is 27.7 Å². The van der Waals surface area contributed by atoms with Crippen LogP contribution in [0.2, 0.25) is 0 Å². The molecular weight excluding hydrogens is 456 g/mol. The zero-order valence-electron chi connectivity index (χ0n) is 18.9. The SMILES string of the molecule is CNC(=O)Sc1ncnn1CC1(C)OC1C.CNC(=O)n1cnn(CC2(C)OC2C)c1=S. The van der Waals surface area contributed by atoms with Crippen LogP contribution in [0.4, 0.5) is 9.59 Å². The van der Waals surface area contributed by atoms with Gasteiger partial charge in [0.15, 0.2) is 5.16 Å². The van der Waals surface area contributed by atoms with Gasteiger partial charge in [-0.25, -0.2) is 23.7 Å². The number of nitrogens with zero attached hydrogens (tertiary/aromatic N) is 6. The maximum absolute atomic E-state index is 11.4. The summed E-state index contributed by atoms with van der Waals surface area (Å²) in [6.07, 6.45) is 3.30. The molecule has 32 heavy (non-hydrogen) atoms. The van der Waals surface area contributed by atoms with Gasteiger partial charge in [-0.3, -0.25) is 4.79 Å². The van der Waals surface area contributed by atoms with Crippen molar-refractivity contribution in [3.05, 3.63) is 17.4 Å². The highest BCUT2D eigenvalue weighted by Gasteiger charge is 2.50. The van der Waals surface area contributed by atoms with Gasteiger partial charge in [-0.05, 0) is 39.9 Å². The smallest absolute Gasteiger partial charge is 0.328 e. The summed E-state index contributed by atoms with van der Waals surface area (Å²) in [5.74, 6) is 0. The molecule has 2 aromatic rings. The van der Waals surface area contributed by atoms with Crippen LogP contribution in [0.3, 0.4) is 0 Å². The van der Waals surface area contributed by atoms with E-state index in [0.717, 1.165) is 11.8 Å². The molecule has 0 radical (unpaired) electrons. The zero-order chi connectivity index (χ0) is 23.7. The molecule has 0 aliphatic carbocycles. The average Bonchev–Trinajstić information content (AvgIpc) is 3.33. The molecule has 12 nitrogen and oxygen atoms in total. The van der Waals surface area contributed by atoms with Crippen molar-refractivity contribution in [1.29, 1.82) is 0 Å². The molecule has 2 saturated heterocycles. The monoisotopic (exact) mass is 484 g/mol. The van der Waals surface area contributed by atoms with E-state index in [-0.39, 0.29) is 34.7 Å². The summed E-state index contributed by atoms with van der Waals surface area (Å²) in [4.78, 5) is 26.6. The maximum atomic E-state index is 11.4. The van der Waals surface area contributed by atoms with Gasteiger partial charge in [0.2, 0.25) is 4.77 Å². The first-order valence-corrected chi connectivity index (χ1v) is 11.2. The van der Waals surface area contributed by atoms with E-state index in [1.54, 1.807) is 23.5 Å². The molecule has 0 aromatic carbocycles. The minimum atomic E-state index is -0.286. The highest BCUT2D eigenvalue weighted by atomic mass is 32.2. The lowest BCUT2D eigenvalue weighted by Gasteiger charge is -2.07. The molecule has 2 amide bonds. The lowest BCUT2D eigenvalue weighted by Crippen LogP contribution is -2.25. The molecule has 2 fully saturated rings. The van der Waals surface area contributed by atoms with E-state index >= 15 is 0 Å². The van der Waals surface area contributed by atoms with E-state index in [4.69, 9.17) is 21.7 Å². The number of aromatic nitrogens is 6. The van der Waals surface area contributed by atoms with Gasteiger partial charge >= 0.3 is 6.03 Å². The molecule has 4 unspecified atom stereocenters. The lowest BCUT2D eigenvalue weighted by atomic mass is 10.1. The van der Waals surface area contributed by atoms with Gasteiger partial charge in [0.1, 0.15) is 23.9 Å². The van der Waals surface area contributed by atoms with Crippen molar-refractivity contribution in [2.45, 2.75) is 69.4 Å². The summed E-state index contributed by atoms with van der Waals surface area (Å²) in [6.45, 7) is 9.22. The Morgan fingerprint density at radius 3 is 2.16 bits per heavy atom. The lowest BCUT2D eigenvalue weighted by molar-refractivity contribution is 0.243. The maximum Gasteiger partial charge on any atom is 0.328 e. The number of ether oxygens (including phenoxy) is 2. The number of epoxide rings is 2. The molecule has 4 atom stereocenters. The standard InChI is InChI=1S/2C9H14N4O2S/c1-6-9(2,15-6)4-13-7(11-5-12-13)16-8(14)10-3;1-6-9(2,15-6)4-13-8(16)12(5-11-13)7(14)10-3/h2*5-6H,4H2,1-3H3,(H,10,14). The van der Waals surface area contributed by atoms with Crippen molar-refractivity contribution in [3.8, 4) is 0 Å². The van der Waals surface area contributed by atoms with Crippen LogP contribution < -0.4 is 10.6 Å². The summed E-state index contributed by atoms with van der Waals surface area (Å²) in [6, 6.07) is -0.286. The normalized spacial score (nSPS) is 27.8. The quantitative estimate of drug-likeness (QED) is 0.369. The van der Waals surface area contributed by atoms with E-state index < -0.39 is 0 Å². The van der Waals surface area contributed by atoms with Gasteiger partial charge < -0.3 is 20.1 Å². The number of hydrogen-bond acceptors (Lipinski definition) is 9. The third kappa shape index (κ3) is 5.36. The predicted octanol–water partition coefficient (Wildman–Crippen LogP) is 1.67. The molecule has 2 aromatic heterocycles. The van der Waals surface area contributed by atoms with Crippen molar-refractivity contribution in [3.63, 3.8) is 0 Å². The van der Waals surface area contributed by atoms with Crippen molar-refractivity contribution < 1.29 is 19.1 Å². The summed E-state index contributed by atoms with van der Waals surface area (Å²) >= 11 is 6.18. The van der Waals surface area contributed by atoms with Crippen LogP contribution >= 0.6 is 24.0 Å². The Hall–Kier alpha value is -2.29. The van der Waals surface area contributed by atoms with Gasteiger partial charge in [-0.1, -0.05) is 0 Å². The Labute approximate surface area is 195 Å².